The van der Waals surface area contributed by atoms with Crippen molar-refractivity contribution in [3.05, 3.63) is 82.0 Å². The number of rotatable bonds is 0. The molecule has 1 radical (unpaired) electrons. The monoisotopic (exact) mass is 318 g/mol. The quantitative estimate of drug-likeness (QED) is 0.662. The molecule has 0 atom stereocenters. The molecule has 0 heterocycles. The van der Waals surface area contributed by atoms with Crippen LogP contribution in [0, 0.1) is 13.0 Å². The Kier molecular flexibility index (Phi) is 9.25. The van der Waals surface area contributed by atoms with Gasteiger partial charge in [-0.1, -0.05) is 48.3 Å². The van der Waals surface area contributed by atoms with Gasteiger partial charge in [-0.2, -0.15) is 29.1 Å². The second kappa shape index (κ2) is 9.53. The molecule has 2 aromatic carbocycles. The Labute approximate surface area is 132 Å². The van der Waals surface area contributed by atoms with Gasteiger partial charge >= 0.3 is 0 Å². The molecular formula is C14H12ClNY-2. The van der Waals surface area contributed by atoms with E-state index in [2.05, 4.69) is 6.07 Å². The molecule has 85 valence electrons. The molecule has 0 saturated carbocycles. The van der Waals surface area contributed by atoms with E-state index in [4.69, 9.17) is 17.0 Å². The second-order valence-corrected chi connectivity index (χ2v) is 3.65. The van der Waals surface area contributed by atoms with Crippen LogP contribution in [0.25, 0.3) is 5.41 Å². The van der Waals surface area contributed by atoms with Crippen molar-refractivity contribution in [2.24, 2.45) is 0 Å². The van der Waals surface area contributed by atoms with Crippen LogP contribution in [0.3, 0.4) is 0 Å². The van der Waals surface area contributed by atoms with Crippen LogP contribution in [0.5, 0.6) is 0 Å². The van der Waals surface area contributed by atoms with Crippen molar-refractivity contribution in [3.63, 3.8) is 0 Å². The van der Waals surface area contributed by atoms with Crippen molar-refractivity contribution in [3.8, 4) is 0 Å². The number of hydrogen-bond acceptors (Lipinski definition) is 0. The van der Waals surface area contributed by atoms with Gasteiger partial charge in [-0.15, -0.1) is 17.7 Å². The maximum Gasteiger partial charge on any atom is 0 e. The largest absolute Gasteiger partial charge is 0.804 e. The van der Waals surface area contributed by atoms with Gasteiger partial charge in [0.2, 0.25) is 0 Å². The van der Waals surface area contributed by atoms with Crippen molar-refractivity contribution >= 4 is 11.6 Å². The predicted molar refractivity (Wildman–Crippen MR) is 68.0 cm³/mol. The fourth-order valence-corrected chi connectivity index (χ4v) is 1.27. The molecule has 0 aliphatic carbocycles. The summed E-state index contributed by atoms with van der Waals surface area (Å²) < 4.78 is 0. The van der Waals surface area contributed by atoms with E-state index in [9.17, 15) is 0 Å². The first kappa shape index (κ1) is 16.5. The van der Waals surface area contributed by atoms with Crippen molar-refractivity contribution in [2.45, 2.75) is 6.92 Å². The molecule has 0 bridgehead atoms. The molecule has 2 aromatic rings. The summed E-state index contributed by atoms with van der Waals surface area (Å²) in [4.78, 5) is 0. The summed E-state index contributed by atoms with van der Waals surface area (Å²) >= 11 is 5.62. The first-order chi connectivity index (χ1) is 7.68. The van der Waals surface area contributed by atoms with Gasteiger partial charge < -0.3 is 5.41 Å². The molecule has 0 amide bonds. The zero-order chi connectivity index (χ0) is 11.8. The van der Waals surface area contributed by atoms with Crippen molar-refractivity contribution in [2.75, 3.05) is 0 Å². The van der Waals surface area contributed by atoms with E-state index in [1.54, 1.807) is 24.3 Å². The summed E-state index contributed by atoms with van der Waals surface area (Å²) in [5.74, 6) is 0. The number of nitrogens with zero attached hydrogens (tertiary/aromatic N) is 1. The third kappa shape index (κ3) is 8.26. The molecular weight excluding hydrogens is 307 g/mol. The van der Waals surface area contributed by atoms with Crippen molar-refractivity contribution in [1.82, 2.24) is 0 Å². The van der Waals surface area contributed by atoms with Gasteiger partial charge in [-0.3, -0.25) is 0 Å². The molecule has 1 nitrogen and oxygen atoms in total. The summed E-state index contributed by atoms with van der Waals surface area (Å²) in [5, 5.41) is 9.87. The summed E-state index contributed by atoms with van der Waals surface area (Å²) in [5.41, 5.74) is 1.08. The third-order valence-corrected chi connectivity index (χ3v) is 2.01. The average Bonchev–Trinajstić information content (AvgIpc) is 2.46. The summed E-state index contributed by atoms with van der Waals surface area (Å²) in [6.07, 6.45) is 0. The van der Waals surface area contributed by atoms with E-state index in [0.29, 0.717) is 5.36 Å². The van der Waals surface area contributed by atoms with Crippen LogP contribution in [0.15, 0.2) is 54.6 Å². The number of halogens is 1. The van der Waals surface area contributed by atoms with Crippen molar-refractivity contribution < 1.29 is 32.7 Å². The van der Waals surface area contributed by atoms with E-state index in [0.717, 1.165) is 10.6 Å². The van der Waals surface area contributed by atoms with Crippen LogP contribution in [-0.4, -0.2) is 0 Å². The zero-order valence-corrected chi connectivity index (χ0v) is 13.2. The number of benzene rings is 1. The number of aryl methyl sites for hydroxylation is 1. The molecule has 0 fully saturated rings. The van der Waals surface area contributed by atoms with Crippen LogP contribution >= 0.6 is 11.6 Å². The summed E-state index contributed by atoms with van der Waals surface area (Å²) in [6, 6.07) is 19.1. The Morgan fingerprint density at radius 3 is 2.06 bits per heavy atom. The van der Waals surface area contributed by atoms with Crippen LogP contribution < -0.4 is 5.36 Å². The van der Waals surface area contributed by atoms with Gasteiger partial charge in [0.05, 0.1) is 0 Å². The van der Waals surface area contributed by atoms with Gasteiger partial charge in [0.25, 0.3) is 0 Å². The summed E-state index contributed by atoms with van der Waals surface area (Å²) in [6.45, 7) is 1.96. The van der Waals surface area contributed by atoms with E-state index in [-0.39, 0.29) is 32.7 Å². The van der Waals surface area contributed by atoms with E-state index < -0.39 is 0 Å². The minimum atomic E-state index is 0. The van der Waals surface area contributed by atoms with Crippen molar-refractivity contribution in [1.29, 1.82) is 0 Å². The van der Waals surface area contributed by atoms with Crippen LogP contribution in [-0.2, 0) is 32.7 Å². The Hall–Kier alpha value is -0.496. The molecule has 0 saturated heterocycles. The molecule has 0 aromatic heterocycles. The Bertz CT molecular complexity index is 461. The molecule has 0 aliphatic rings. The normalized spacial score (nSPS) is 8.35. The summed E-state index contributed by atoms with van der Waals surface area (Å²) in [7, 11) is 0. The SMILES string of the molecule is Cc1[c-]ccc(Cl)c1.[N-]=c1cccccc1.[Y]. The van der Waals surface area contributed by atoms with Gasteiger partial charge in [-0.25, -0.2) is 0 Å². The fraction of sp³-hybridized carbons (Fsp3) is 0.0714. The predicted octanol–water partition coefficient (Wildman–Crippen LogP) is 3.60. The standard InChI is InChI=1S/C7H6Cl.C7H6N.Y/c1-6-3-2-4-7(8)5-6;8-7-5-3-1-2-4-6-7;/h2,4-5H,1H3;1-6H;/q2*-1;. The second-order valence-electron chi connectivity index (χ2n) is 3.22. The molecule has 2 rings (SSSR count). The maximum absolute atomic E-state index is 8.79. The van der Waals surface area contributed by atoms with E-state index in [1.807, 2.05) is 37.3 Å². The molecule has 3 heteroatoms. The molecule has 0 N–H and O–H groups in total. The van der Waals surface area contributed by atoms with Gasteiger partial charge in [-0.05, 0) is 0 Å². The first-order valence-corrected chi connectivity index (χ1v) is 5.27. The van der Waals surface area contributed by atoms with Gasteiger partial charge in [0, 0.05) is 32.7 Å². The Balaban J connectivity index is 0.000000284. The van der Waals surface area contributed by atoms with Crippen LogP contribution in [0.1, 0.15) is 5.56 Å². The molecule has 0 spiro atoms. The average molecular weight is 319 g/mol. The molecule has 17 heavy (non-hydrogen) atoms. The molecule has 0 aliphatic heterocycles. The van der Waals surface area contributed by atoms with Gasteiger partial charge in [0.15, 0.2) is 0 Å². The third-order valence-electron chi connectivity index (χ3n) is 1.78. The minimum Gasteiger partial charge on any atom is -0.804 e. The first-order valence-electron chi connectivity index (χ1n) is 4.89. The van der Waals surface area contributed by atoms with Gasteiger partial charge in [0.1, 0.15) is 0 Å². The Morgan fingerprint density at radius 2 is 1.65 bits per heavy atom. The van der Waals surface area contributed by atoms with Crippen LogP contribution in [0.4, 0.5) is 0 Å². The number of hydrogen-bond donors (Lipinski definition) is 0. The minimum absolute atomic E-state index is 0. The maximum atomic E-state index is 8.79. The van der Waals surface area contributed by atoms with E-state index >= 15 is 0 Å². The van der Waals surface area contributed by atoms with Crippen LogP contribution in [0.2, 0.25) is 5.02 Å². The molecule has 0 unspecified atom stereocenters. The zero-order valence-electron chi connectivity index (χ0n) is 9.60. The fourth-order valence-electron chi connectivity index (χ4n) is 1.04. The Morgan fingerprint density at radius 1 is 1.06 bits per heavy atom. The van der Waals surface area contributed by atoms with E-state index in [1.165, 1.54) is 0 Å². The topological polar surface area (TPSA) is 22.3 Å². The smallest absolute Gasteiger partial charge is 0 e.